The van der Waals surface area contributed by atoms with Crippen molar-refractivity contribution in [1.82, 2.24) is 10.1 Å². The van der Waals surface area contributed by atoms with Crippen LogP contribution in [0.3, 0.4) is 0 Å². The van der Waals surface area contributed by atoms with Crippen molar-refractivity contribution in [2.45, 2.75) is 20.3 Å². The molecule has 0 aliphatic carbocycles. The first-order valence-electron chi connectivity index (χ1n) is 6.56. The number of carbonyl (C=O) groups excluding carboxylic acids is 1. The van der Waals surface area contributed by atoms with Crippen LogP contribution in [0.1, 0.15) is 17.5 Å². The highest BCUT2D eigenvalue weighted by molar-refractivity contribution is 7.16. The highest BCUT2D eigenvalue weighted by atomic mass is 32.1. The molecule has 0 saturated heterocycles. The van der Waals surface area contributed by atoms with Gasteiger partial charge in [-0.15, -0.1) is 11.3 Å². The maximum Gasteiger partial charge on any atom is 0.394 e. The molecule has 1 amide bonds. The minimum Gasteiger partial charge on any atom is -0.474 e. The molecule has 2 aromatic rings. The maximum absolute atomic E-state index is 11.2. The lowest BCUT2D eigenvalue weighted by atomic mass is 10.2. The van der Waals surface area contributed by atoms with Gasteiger partial charge in [0.1, 0.15) is 5.69 Å². The molecule has 0 bridgehead atoms. The van der Waals surface area contributed by atoms with Gasteiger partial charge in [-0.25, -0.2) is 9.78 Å². The zero-order valence-electron chi connectivity index (χ0n) is 12.1. The summed E-state index contributed by atoms with van der Waals surface area (Å²) in [5, 5.41) is 14.9. The van der Waals surface area contributed by atoms with Gasteiger partial charge in [0.15, 0.2) is 10.9 Å². The number of carboxylic acid groups (broad SMARTS) is 1. The van der Waals surface area contributed by atoms with Gasteiger partial charge in [0.25, 0.3) is 0 Å². The fourth-order valence-electron chi connectivity index (χ4n) is 1.70. The summed E-state index contributed by atoms with van der Waals surface area (Å²) < 4.78 is 10.5. The quantitative estimate of drug-likeness (QED) is 0.613. The minimum atomic E-state index is -1.57. The molecular formula is C13H15N3O5S. The first kappa shape index (κ1) is 16.1. The van der Waals surface area contributed by atoms with E-state index in [1.54, 1.807) is 13.0 Å². The largest absolute Gasteiger partial charge is 0.474 e. The molecule has 0 saturated carbocycles. The number of anilines is 1. The lowest BCUT2D eigenvalue weighted by molar-refractivity contribution is -0.147. The summed E-state index contributed by atoms with van der Waals surface area (Å²) in [6.07, 6.45) is 0.573. The van der Waals surface area contributed by atoms with Crippen molar-refractivity contribution in [2.75, 3.05) is 18.5 Å². The van der Waals surface area contributed by atoms with Crippen molar-refractivity contribution in [3.8, 4) is 11.5 Å². The monoisotopic (exact) mass is 325 g/mol. The molecule has 0 radical (unpaired) electrons. The van der Waals surface area contributed by atoms with Gasteiger partial charge in [-0.2, -0.15) is 0 Å². The number of hydrogen-bond donors (Lipinski definition) is 2. The maximum atomic E-state index is 11.2. The number of aliphatic carboxylic acids is 1. The Balaban J connectivity index is 2.26. The number of aryl methyl sites for hydroxylation is 1. The van der Waals surface area contributed by atoms with Crippen LogP contribution >= 0.6 is 11.3 Å². The lowest BCUT2D eigenvalue weighted by Gasteiger charge is -1.99. The van der Waals surface area contributed by atoms with Gasteiger partial charge in [0, 0.05) is 24.0 Å². The van der Waals surface area contributed by atoms with Crippen molar-refractivity contribution in [1.29, 1.82) is 0 Å². The smallest absolute Gasteiger partial charge is 0.394 e. The molecule has 0 fully saturated rings. The number of thiazole rings is 1. The van der Waals surface area contributed by atoms with Crippen molar-refractivity contribution >= 4 is 28.3 Å². The number of nitrogens with one attached hydrogen (secondary N) is 1. The zero-order chi connectivity index (χ0) is 16.1. The van der Waals surface area contributed by atoms with E-state index in [1.165, 1.54) is 11.3 Å². The molecule has 9 heteroatoms. The third-order valence-corrected chi connectivity index (χ3v) is 3.68. The van der Waals surface area contributed by atoms with Gasteiger partial charge >= 0.3 is 11.9 Å². The first-order chi connectivity index (χ1) is 10.5. The van der Waals surface area contributed by atoms with Crippen LogP contribution in [-0.2, 0) is 20.7 Å². The SMILES string of the molecule is CCOCCc1sc(NC(=O)C(=O)O)nc1-c1cc(C)no1. The third kappa shape index (κ3) is 3.89. The van der Waals surface area contributed by atoms with Crippen LogP contribution in [0, 0.1) is 6.92 Å². The van der Waals surface area contributed by atoms with E-state index in [4.69, 9.17) is 14.4 Å². The summed E-state index contributed by atoms with van der Waals surface area (Å²) in [6.45, 7) is 4.77. The summed E-state index contributed by atoms with van der Waals surface area (Å²) in [5.41, 5.74) is 1.24. The second-order valence-corrected chi connectivity index (χ2v) is 5.41. The van der Waals surface area contributed by atoms with Gasteiger partial charge in [-0.05, 0) is 13.8 Å². The van der Waals surface area contributed by atoms with Gasteiger partial charge in [-0.3, -0.25) is 10.1 Å². The Morgan fingerprint density at radius 3 is 2.86 bits per heavy atom. The standard InChI is InChI=1S/C13H15N3O5S/c1-3-20-5-4-9-10(8-6-7(2)16-21-8)14-13(22-9)15-11(17)12(18)19/h6H,3-5H2,1-2H3,(H,18,19)(H,14,15,17). The Hall–Kier alpha value is -2.26. The number of hydrogen-bond acceptors (Lipinski definition) is 7. The fraction of sp³-hybridized carbons (Fsp3) is 0.385. The normalized spacial score (nSPS) is 10.6. The van der Waals surface area contributed by atoms with Crippen molar-refractivity contribution in [3.05, 3.63) is 16.6 Å². The Bertz CT molecular complexity index is 679. The Morgan fingerprint density at radius 2 is 2.27 bits per heavy atom. The molecule has 0 spiro atoms. The van der Waals surface area contributed by atoms with E-state index in [0.29, 0.717) is 36.8 Å². The second-order valence-electron chi connectivity index (χ2n) is 4.33. The lowest BCUT2D eigenvalue weighted by Crippen LogP contribution is -2.21. The van der Waals surface area contributed by atoms with E-state index in [9.17, 15) is 9.59 Å². The number of carboxylic acids is 1. The van der Waals surface area contributed by atoms with Crippen LogP contribution in [0.4, 0.5) is 5.13 Å². The molecule has 8 nitrogen and oxygen atoms in total. The summed E-state index contributed by atoms with van der Waals surface area (Å²) >= 11 is 1.19. The molecule has 2 aromatic heterocycles. The number of ether oxygens (including phenoxy) is 1. The van der Waals surface area contributed by atoms with E-state index < -0.39 is 11.9 Å². The number of nitrogens with zero attached hydrogens (tertiary/aromatic N) is 2. The predicted molar refractivity (Wildman–Crippen MR) is 78.8 cm³/mol. The van der Waals surface area contributed by atoms with E-state index in [-0.39, 0.29) is 5.13 Å². The third-order valence-electron chi connectivity index (χ3n) is 2.65. The molecule has 2 rings (SSSR count). The highest BCUT2D eigenvalue weighted by Gasteiger charge is 2.20. The predicted octanol–water partition coefficient (Wildman–Crippen LogP) is 1.71. The van der Waals surface area contributed by atoms with E-state index >= 15 is 0 Å². The van der Waals surface area contributed by atoms with E-state index in [1.807, 2.05) is 6.92 Å². The molecule has 2 N–H and O–H groups in total. The first-order valence-corrected chi connectivity index (χ1v) is 7.38. The van der Waals surface area contributed by atoms with Gasteiger partial charge in [0.05, 0.1) is 12.3 Å². The summed E-state index contributed by atoms with van der Waals surface area (Å²) in [4.78, 5) is 26.9. The van der Waals surface area contributed by atoms with E-state index in [2.05, 4.69) is 15.5 Å². The average Bonchev–Trinajstić information content (AvgIpc) is 3.05. The summed E-state index contributed by atoms with van der Waals surface area (Å²) in [6, 6.07) is 1.72. The Morgan fingerprint density at radius 1 is 1.50 bits per heavy atom. The second kappa shape index (κ2) is 7.14. The van der Waals surface area contributed by atoms with E-state index in [0.717, 1.165) is 4.88 Å². The van der Waals surface area contributed by atoms with Crippen LogP contribution in [0.2, 0.25) is 0 Å². The van der Waals surface area contributed by atoms with Crippen LogP contribution < -0.4 is 5.32 Å². The van der Waals surface area contributed by atoms with Gasteiger partial charge in [-0.1, -0.05) is 5.16 Å². The average molecular weight is 325 g/mol. The molecule has 0 aliphatic heterocycles. The van der Waals surface area contributed by atoms with Crippen molar-refractivity contribution < 1.29 is 24.0 Å². The summed E-state index contributed by atoms with van der Waals surface area (Å²) in [7, 11) is 0. The van der Waals surface area contributed by atoms with Gasteiger partial charge in [0.2, 0.25) is 0 Å². The number of rotatable bonds is 6. The molecule has 0 atom stereocenters. The Kier molecular flexibility index (Phi) is 5.23. The molecule has 0 aromatic carbocycles. The highest BCUT2D eigenvalue weighted by Crippen LogP contribution is 2.32. The molecule has 0 unspecified atom stereocenters. The molecule has 22 heavy (non-hydrogen) atoms. The molecular weight excluding hydrogens is 310 g/mol. The van der Waals surface area contributed by atoms with Crippen LogP contribution in [0.5, 0.6) is 0 Å². The minimum absolute atomic E-state index is 0.197. The zero-order valence-corrected chi connectivity index (χ0v) is 12.9. The topological polar surface area (TPSA) is 115 Å². The van der Waals surface area contributed by atoms with Crippen LogP contribution in [0.25, 0.3) is 11.5 Å². The number of carbonyl (C=O) groups is 2. The number of amides is 1. The molecule has 0 aliphatic rings. The molecule has 118 valence electrons. The fourth-order valence-corrected chi connectivity index (χ4v) is 2.64. The van der Waals surface area contributed by atoms with Crippen LogP contribution in [0.15, 0.2) is 10.6 Å². The van der Waals surface area contributed by atoms with Gasteiger partial charge < -0.3 is 14.4 Å². The summed E-state index contributed by atoms with van der Waals surface area (Å²) in [5.74, 6) is -2.23. The van der Waals surface area contributed by atoms with Crippen molar-refractivity contribution in [3.63, 3.8) is 0 Å². The number of aromatic nitrogens is 2. The Labute approximate surface area is 130 Å². The van der Waals surface area contributed by atoms with Crippen molar-refractivity contribution in [2.24, 2.45) is 0 Å². The van der Waals surface area contributed by atoms with Crippen LogP contribution in [-0.4, -0.2) is 40.3 Å². The molecule has 2 heterocycles.